The average molecular weight is 291 g/mol. The molecule has 1 N–H and O–H groups in total. The highest BCUT2D eigenvalue weighted by molar-refractivity contribution is 6.30. The number of rotatable bonds is 6. The number of aliphatic carboxylic acids is 1. The Kier molecular flexibility index (Phi) is 5.02. The van der Waals surface area contributed by atoms with Crippen LogP contribution >= 0.6 is 11.6 Å². The van der Waals surface area contributed by atoms with Gasteiger partial charge in [0.1, 0.15) is 12.4 Å². The number of hydrogen-bond donors (Lipinski definition) is 1. The van der Waals surface area contributed by atoms with Gasteiger partial charge in [-0.25, -0.2) is 0 Å². The van der Waals surface area contributed by atoms with Crippen molar-refractivity contribution in [3.63, 3.8) is 0 Å². The van der Waals surface area contributed by atoms with Gasteiger partial charge in [0.05, 0.1) is 0 Å². The second-order valence-corrected chi connectivity index (χ2v) is 4.89. The minimum absolute atomic E-state index is 0.142. The van der Waals surface area contributed by atoms with Crippen molar-refractivity contribution in [3.8, 4) is 5.75 Å². The molecule has 0 aliphatic rings. The van der Waals surface area contributed by atoms with Crippen molar-refractivity contribution >= 4 is 17.6 Å². The zero-order valence-electron chi connectivity index (χ0n) is 10.9. The standard InChI is InChI=1S/C16H15ClO3/c17-14-3-1-2-13(10-14)11-20-15-7-4-12(5-8-15)6-9-16(18)19/h1-5,7-8,10H,6,9,11H2,(H,18,19). The van der Waals surface area contributed by atoms with Crippen LogP contribution in [-0.2, 0) is 17.8 Å². The number of aryl methyl sites for hydroxylation is 1. The van der Waals surface area contributed by atoms with E-state index in [0.717, 1.165) is 16.9 Å². The summed E-state index contributed by atoms with van der Waals surface area (Å²) in [6.45, 7) is 0.453. The summed E-state index contributed by atoms with van der Waals surface area (Å²) in [5.41, 5.74) is 2.00. The van der Waals surface area contributed by atoms with Crippen LogP contribution in [0.1, 0.15) is 17.5 Å². The van der Waals surface area contributed by atoms with E-state index in [9.17, 15) is 4.79 Å². The third-order valence-electron chi connectivity index (χ3n) is 2.85. The van der Waals surface area contributed by atoms with E-state index in [1.165, 1.54) is 0 Å². The molecule has 3 nitrogen and oxygen atoms in total. The topological polar surface area (TPSA) is 46.5 Å². The summed E-state index contributed by atoms with van der Waals surface area (Å²) >= 11 is 5.90. The van der Waals surface area contributed by atoms with Crippen molar-refractivity contribution in [2.45, 2.75) is 19.4 Å². The number of hydrogen-bond acceptors (Lipinski definition) is 2. The van der Waals surface area contributed by atoms with Crippen LogP contribution in [0.2, 0.25) is 5.02 Å². The zero-order valence-corrected chi connectivity index (χ0v) is 11.6. The third-order valence-corrected chi connectivity index (χ3v) is 3.08. The molecular weight excluding hydrogens is 276 g/mol. The van der Waals surface area contributed by atoms with Gasteiger partial charge in [0.2, 0.25) is 0 Å². The van der Waals surface area contributed by atoms with Crippen molar-refractivity contribution < 1.29 is 14.6 Å². The summed E-state index contributed by atoms with van der Waals surface area (Å²) in [7, 11) is 0. The zero-order chi connectivity index (χ0) is 14.4. The second kappa shape index (κ2) is 6.96. The van der Waals surface area contributed by atoms with Crippen molar-refractivity contribution in [3.05, 3.63) is 64.7 Å². The fourth-order valence-corrected chi connectivity index (χ4v) is 2.01. The lowest BCUT2D eigenvalue weighted by Crippen LogP contribution is -1.98. The van der Waals surface area contributed by atoms with Gasteiger partial charge in [0.25, 0.3) is 0 Å². The lowest BCUT2D eigenvalue weighted by atomic mass is 10.1. The van der Waals surface area contributed by atoms with Crippen LogP contribution in [-0.4, -0.2) is 11.1 Å². The molecule has 0 aliphatic heterocycles. The van der Waals surface area contributed by atoms with Gasteiger partial charge < -0.3 is 9.84 Å². The quantitative estimate of drug-likeness (QED) is 0.876. The molecule has 0 spiro atoms. The van der Waals surface area contributed by atoms with E-state index in [1.54, 1.807) is 0 Å². The Morgan fingerprint density at radius 3 is 2.50 bits per heavy atom. The highest BCUT2D eigenvalue weighted by Crippen LogP contribution is 2.16. The molecule has 0 unspecified atom stereocenters. The summed E-state index contributed by atoms with van der Waals surface area (Å²) in [6, 6.07) is 15.0. The lowest BCUT2D eigenvalue weighted by Gasteiger charge is -2.07. The molecule has 0 amide bonds. The molecule has 20 heavy (non-hydrogen) atoms. The van der Waals surface area contributed by atoms with Crippen molar-refractivity contribution in [1.82, 2.24) is 0 Å². The predicted octanol–water partition coefficient (Wildman–Crippen LogP) is 3.94. The molecule has 0 saturated heterocycles. The van der Waals surface area contributed by atoms with Gasteiger partial charge in [-0.3, -0.25) is 4.79 Å². The maximum atomic E-state index is 10.5. The third kappa shape index (κ3) is 4.59. The van der Waals surface area contributed by atoms with E-state index in [4.69, 9.17) is 21.4 Å². The van der Waals surface area contributed by atoms with Crippen LogP contribution in [0.3, 0.4) is 0 Å². The molecule has 104 valence electrons. The highest BCUT2D eigenvalue weighted by Gasteiger charge is 2.01. The summed E-state index contributed by atoms with van der Waals surface area (Å²) in [5.74, 6) is -0.0321. The van der Waals surface area contributed by atoms with Gasteiger partial charge in [-0.2, -0.15) is 0 Å². The fraction of sp³-hybridized carbons (Fsp3) is 0.188. The van der Waals surface area contributed by atoms with E-state index >= 15 is 0 Å². The normalized spacial score (nSPS) is 10.2. The van der Waals surface area contributed by atoms with E-state index in [1.807, 2.05) is 48.5 Å². The Balaban J connectivity index is 1.89. The summed E-state index contributed by atoms with van der Waals surface area (Å²) in [5, 5.41) is 9.32. The van der Waals surface area contributed by atoms with Crippen molar-refractivity contribution in [1.29, 1.82) is 0 Å². The molecule has 2 aromatic carbocycles. The van der Waals surface area contributed by atoms with Crippen molar-refractivity contribution in [2.75, 3.05) is 0 Å². The van der Waals surface area contributed by atoms with Crippen LogP contribution in [0, 0.1) is 0 Å². The smallest absolute Gasteiger partial charge is 0.303 e. The van der Waals surface area contributed by atoms with Gasteiger partial charge in [0.15, 0.2) is 0 Å². The van der Waals surface area contributed by atoms with Crippen LogP contribution in [0.4, 0.5) is 0 Å². The minimum Gasteiger partial charge on any atom is -0.489 e. The summed E-state index contributed by atoms with van der Waals surface area (Å²) in [4.78, 5) is 10.5. The number of halogens is 1. The molecule has 0 aliphatic carbocycles. The predicted molar refractivity (Wildman–Crippen MR) is 78.2 cm³/mol. The molecule has 2 aromatic rings. The van der Waals surface area contributed by atoms with E-state index < -0.39 is 5.97 Å². The number of carbonyl (C=O) groups is 1. The molecule has 0 saturated carbocycles. The molecule has 0 aromatic heterocycles. The van der Waals surface area contributed by atoms with E-state index in [-0.39, 0.29) is 6.42 Å². The summed E-state index contributed by atoms with van der Waals surface area (Å²) < 4.78 is 5.65. The Morgan fingerprint density at radius 2 is 1.85 bits per heavy atom. The Morgan fingerprint density at radius 1 is 1.10 bits per heavy atom. The second-order valence-electron chi connectivity index (χ2n) is 4.46. The molecule has 0 bridgehead atoms. The van der Waals surface area contributed by atoms with E-state index in [2.05, 4.69) is 0 Å². The van der Waals surface area contributed by atoms with Crippen LogP contribution in [0.25, 0.3) is 0 Å². The SMILES string of the molecule is O=C(O)CCc1ccc(OCc2cccc(Cl)c2)cc1. The van der Waals surface area contributed by atoms with Crippen LogP contribution < -0.4 is 4.74 Å². The van der Waals surface area contributed by atoms with Crippen LogP contribution in [0.15, 0.2) is 48.5 Å². The average Bonchev–Trinajstić information content (AvgIpc) is 2.44. The highest BCUT2D eigenvalue weighted by atomic mass is 35.5. The fourth-order valence-electron chi connectivity index (χ4n) is 1.80. The first-order valence-corrected chi connectivity index (χ1v) is 6.69. The number of ether oxygens (including phenoxy) is 1. The molecule has 4 heteroatoms. The first kappa shape index (κ1) is 14.4. The van der Waals surface area contributed by atoms with Gasteiger partial charge >= 0.3 is 5.97 Å². The molecule has 0 radical (unpaired) electrons. The summed E-state index contributed by atoms with van der Waals surface area (Å²) in [6.07, 6.45) is 0.673. The maximum absolute atomic E-state index is 10.5. The molecule has 2 rings (SSSR count). The van der Waals surface area contributed by atoms with Gasteiger partial charge in [-0.15, -0.1) is 0 Å². The van der Waals surface area contributed by atoms with Gasteiger partial charge in [-0.1, -0.05) is 35.9 Å². The first-order valence-electron chi connectivity index (χ1n) is 6.31. The Bertz CT molecular complexity index is 579. The van der Waals surface area contributed by atoms with Crippen molar-refractivity contribution in [2.24, 2.45) is 0 Å². The molecule has 0 fully saturated rings. The molecule has 0 heterocycles. The largest absolute Gasteiger partial charge is 0.489 e. The Hall–Kier alpha value is -2.00. The van der Waals surface area contributed by atoms with Gasteiger partial charge in [-0.05, 0) is 41.8 Å². The molecule has 0 atom stereocenters. The minimum atomic E-state index is -0.786. The van der Waals surface area contributed by atoms with E-state index in [0.29, 0.717) is 18.1 Å². The van der Waals surface area contributed by atoms with Gasteiger partial charge in [0, 0.05) is 11.4 Å². The number of carboxylic acids is 1. The maximum Gasteiger partial charge on any atom is 0.303 e. The number of benzene rings is 2. The molecular formula is C16H15ClO3. The number of carboxylic acid groups (broad SMARTS) is 1. The Labute approximate surface area is 122 Å². The van der Waals surface area contributed by atoms with Crippen LogP contribution in [0.5, 0.6) is 5.75 Å². The lowest BCUT2D eigenvalue weighted by molar-refractivity contribution is -0.136. The monoisotopic (exact) mass is 290 g/mol. The first-order chi connectivity index (χ1) is 9.63.